The third-order valence-electron chi connectivity index (χ3n) is 3.19. The lowest BCUT2D eigenvalue weighted by atomic mass is 10.2. The summed E-state index contributed by atoms with van der Waals surface area (Å²) in [6.07, 6.45) is 5.00. The largest absolute Gasteiger partial charge is 0.352 e. The van der Waals surface area contributed by atoms with Gasteiger partial charge in [0.15, 0.2) is 0 Å². The molecule has 5 heteroatoms. The summed E-state index contributed by atoms with van der Waals surface area (Å²) < 4.78 is 1.69. The zero-order valence-corrected chi connectivity index (χ0v) is 11.6. The first-order chi connectivity index (χ1) is 9.70. The van der Waals surface area contributed by atoms with Gasteiger partial charge in [-0.3, -0.25) is 4.79 Å². The Balaban J connectivity index is 1.93. The molecule has 0 saturated carbocycles. The lowest BCUT2D eigenvalue weighted by Crippen LogP contribution is -2.29. The number of aromatic nitrogens is 2. The lowest BCUT2D eigenvalue weighted by Gasteiger charge is -2.08. The molecule has 2 aromatic rings. The maximum absolute atomic E-state index is 12.0. The second-order valence-corrected chi connectivity index (χ2v) is 4.72. The molecule has 1 amide bonds. The van der Waals surface area contributed by atoms with Gasteiger partial charge in [-0.25, -0.2) is 4.68 Å². The van der Waals surface area contributed by atoms with Crippen LogP contribution < -0.4 is 11.1 Å². The van der Waals surface area contributed by atoms with E-state index in [0.29, 0.717) is 12.1 Å². The highest BCUT2D eigenvalue weighted by atomic mass is 16.1. The van der Waals surface area contributed by atoms with E-state index in [1.54, 1.807) is 17.1 Å². The van der Waals surface area contributed by atoms with Gasteiger partial charge in [0, 0.05) is 18.8 Å². The molecule has 106 valence electrons. The molecular formula is C15H20N4O. The Morgan fingerprint density at radius 2 is 2.15 bits per heavy atom. The van der Waals surface area contributed by atoms with Crippen LogP contribution in [-0.2, 0) is 0 Å². The summed E-state index contributed by atoms with van der Waals surface area (Å²) in [4.78, 5) is 12.0. The van der Waals surface area contributed by atoms with E-state index in [0.717, 1.165) is 18.5 Å². The Hall–Kier alpha value is -2.14. The van der Waals surface area contributed by atoms with Crippen LogP contribution in [0.15, 0.2) is 42.7 Å². The maximum atomic E-state index is 12.0. The summed E-state index contributed by atoms with van der Waals surface area (Å²) in [5.74, 6) is -0.115. The Labute approximate surface area is 118 Å². The fourth-order valence-corrected chi connectivity index (χ4v) is 1.84. The number of hydrogen-bond donors (Lipinski definition) is 2. The number of para-hydroxylation sites is 1. The predicted molar refractivity (Wildman–Crippen MR) is 78.8 cm³/mol. The van der Waals surface area contributed by atoms with Gasteiger partial charge in [-0.2, -0.15) is 5.10 Å². The minimum Gasteiger partial charge on any atom is -0.352 e. The molecule has 1 heterocycles. The summed E-state index contributed by atoms with van der Waals surface area (Å²) in [5, 5.41) is 7.05. The van der Waals surface area contributed by atoms with Crippen molar-refractivity contribution in [2.24, 2.45) is 5.73 Å². The van der Waals surface area contributed by atoms with Crippen LogP contribution in [0.3, 0.4) is 0 Å². The number of nitrogens with one attached hydrogen (secondary N) is 1. The topological polar surface area (TPSA) is 72.9 Å². The average Bonchev–Trinajstić information content (AvgIpc) is 2.97. The van der Waals surface area contributed by atoms with Crippen LogP contribution in [0, 0.1) is 0 Å². The molecule has 1 aromatic carbocycles. The Morgan fingerprint density at radius 3 is 2.85 bits per heavy atom. The number of carbonyl (C=O) groups excluding carboxylic acids is 1. The van der Waals surface area contributed by atoms with Crippen molar-refractivity contribution >= 4 is 5.91 Å². The zero-order chi connectivity index (χ0) is 14.4. The van der Waals surface area contributed by atoms with E-state index in [9.17, 15) is 4.79 Å². The van der Waals surface area contributed by atoms with Crippen LogP contribution in [0.4, 0.5) is 0 Å². The number of nitrogens with two attached hydrogens (primary N) is 1. The van der Waals surface area contributed by atoms with Crippen molar-refractivity contribution in [3.8, 4) is 5.69 Å². The Morgan fingerprint density at radius 1 is 1.40 bits per heavy atom. The Bertz CT molecular complexity index is 550. The van der Waals surface area contributed by atoms with Crippen LogP contribution in [0.5, 0.6) is 0 Å². The molecule has 0 radical (unpaired) electrons. The van der Waals surface area contributed by atoms with Crippen LogP contribution >= 0.6 is 0 Å². The third-order valence-corrected chi connectivity index (χ3v) is 3.19. The number of benzene rings is 1. The SMILES string of the molecule is CCC(N)CCNC(=O)c1cnn(-c2ccccc2)c1. The molecule has 20 heavy (non-hydrogen) atoms. The smallest absolute Gasteiger partial charge is 0.254 e. The minimum atomic E-state index is -0.115. The number of hydrogen-bond acceptors (Lipinski definition) is 3. The van der Waals surface area contributed by atoms with E-state index >= 15 is 0 Å². The van der Waals surface area contributed by atoms with Crippen LogP contribution in [0.2, 0.25) is 0 Å². The highest BCUT2D eigenvalue weighted by molar-refractivity contribution is 5.93. The normalized spacial score (nSPS) is 12.1. The van der Waals surface area contributed by atoms with E-state index in [-0.39, 0.29) is 11.9 Å². The van der Waals surface area contributed by atoms with Crippen molar-refractivity contribution in [1.29, 1.82) is 0 Å². The first-order valence-electron chi connectivity index (χ1n) is 6.84. The number of nitrogens with zero attached hydrogens (tertiary/aromatic N) is 2. The summed E-state index contributed by atoms with van der Waals surface area (Å²) in [6, 6.07) is 9.83. The second kappa shape index (κ2) is 6.86. The molecule has 1 aromatic heterocycles. The molecule has 1 atom stereocenters. The van der Waals surface area contributed by atoms with E-state index < -0.39 is 0 Å². The lowest BCUT2D eigenvalue weighted by molar-refractivity contribution is 0.0952. The first kappa shape index (κ1) is 14.3. The molecule has 0 aliphatic rings. The molecule has 0 spiro atoms. The van der Waals surface area contributed by atoms with Crippen LogP contribution in [-0.4, -0.2) is 28.3 Å². The van der Waals surface area contributed by atoms with Crippen molar-refractivity contribution in [1.82, 2.24) is 15.1 Å². The fourth-order valence-electron chi connectivity index (χ4n) is 1.84. The number of rotatable bonds is 6. The van der Waals surface area contributed by atoms with Gasteiger partial charge in [0.1, 0.15) is 0 Å². The van der Waals surface area contributed by atoms with Crippen molar-refractivity contribution < 1.29 is 4.79 Å². The summed E-state index contributed by atoms with van der Waals surface area (Å²) in [6.45, 7) is 2.63. The average molecular weight is 272 g/mol. The van der Waals surface area contributed by atoms with Gasteiger partial charge in [-0.1, -0.05) is 25.1 Å². The van der Waals surface area contributed by atoms with E-state index in [1.807, 2.05) is 37.3 Å². The molecule has 5 nitrogen and oxygen atoms in total. The molecule has 0 saturated heterocycles. The molecule has 0 aliphatic carbocycles. The molecule has 0 bridgehead atoms. The van der Waals surface area contributed by atoms with Gasteiger partial charge in [-0.05, 0) is 25.0 Å². The number of carbonyl (C=O) groups is 1. The quantitative estimate of drug-likeness (QED) is 0.841. The molecule has 3 N–H and O–H groups in total. The number of amides is 1. The van der Waals surface area contributed by atoms with Crippen molar-refractivity contribution in [2.75, 3.05) is 6.54 Å². The van der Waals surface area contributed by atoms with Crippen molar-refractivity contribution in [3.63, 3.8) is 0 Å². The van der Waals surface area contributed by atoms with Gasteiger partial charge >= 0.3 is 0 Å². The maximum Gasteiger partial charge on any atom is 0.254 e. The Kier molecular flexibility index (Phi) is 4.90. The summed E-state index contributed by atoms with van der Waals surface area (Å²) >= 11 is 0. The highest BCUT2D eigenvalue weighted by Crippen LogP contribution is 2.07. The van der Waals surface area contributed by atoms with Gasteiger partial charge in [0.2, 0.25) is 0 Å². The molecule has 1 unspecified atom stereocenters. The standard InChI is InChI=1S/C15H20N4O/c1-2-13(16)8-9-17-15(20)12-10-18-19(11-12)14-6-4-3-5-7-14/h3-7,10-11,13H,2,8-9,16H2,1H3,(H,17,20). The molecule has 2 rings (SSSR count). The van der Waals surface area contributed by atoms with Crippen LogP contribution in [0.1, 0.15) is 30.1 Å². The fraction of sp³-hybridized carbons (Fsp3) is 0.333. The minimum absolute atomic E-state index is 0.115. The van der Waals surface area contributed by atoms with Crippen molar-refractivity contribution in [2.45, 2.75) is 25.8 Å². The van der Waals surface area contributed by atoms with Crippen molar-refractivity contribution in [3.05, 3.63) is 48.3 Å². The van der Waals surface area contributed by atoms with E-state index in [4.69, 9.17) is 5.73 Å². The van der Waals surface area contributed by atoms with Gasteiger partial charge in [0.25, 0.3) is 5.91 Å². The van der Waals surface area contributed by atoms with Crippen LogP contribution in [0.25, 0.3) is 5.69 Å². The second-order valence-electron chi connectivity index (χ2n) is 4.72. The predicted octanol–water partition coefficient (Wildman–Crippen LogP) is 1.73. The summed E-state index contributed by atoms with van der Waals surface area (Å²) in [7, 11) is 0. The molecule has 0 fully saturated rings. The van der Waals surface area contributed by atoms with Gasteiger partial charge in [0.05, 0.1) is 17.4 Å². The first-order valence-corrected chi connectivity index (χ1v) is 6.84. The molecule has 0 aliphatic heterocycles. The van der Waals surface area contributed by atoms with E-state index in [1.165, 1.54) is 0 Å². The molecular weight excluding hydrogens is 252 g/mol. The zero-order valence-electron chi connectivity index (χ0n) is 11.6. The third kappa shape index (κ3) is 3.68. The highest BCUT2D eigenvalue weighted by Gasteiger charge is 2.09. The summed E-state index contributed by atoms with van der Waals surface area (Å²) in [5.41, 5.74) is 7.29. The van der Waals surface area contributed by atoms with Gasteiger partial charge in [-0.15, -0.1) is 0 Å². The van der Waals surface area contributed by atoms with Gasteiger partial charge < -0.3 is 11.1 Å². The monoisotopic (exact) mass is 272 g/mol. The van der Waals surface area contributed by atoms with E-state index in [2.05, 4.69) is 10.4 Å².